The summed E-state index contributed by atoms with van der Waals surface area (Å²) in [6, 6.07) is 0. The normalized spacial score (nSPS) is 16.2. The summed E-state index contributed by atoms with van der Waals surface area (Å²) in [5.41, 5.74) is 0. The lowest BCUT2D eigenvalue weighted by molar-refractivity contribution is -0.116. The monoisotopic (exact) mass is 160 g/mol. The second kappa shape index (κ2) is 3.17. The number of halogens is 1. The predicted molar refractivity (Wildman–Crippen MR) is 37.1 cm³/mol. The summed E-state index contributed by atoms with van der Waals surface area (Å²) in [6.45, 7) is 0. The van der Waals surface area contributed by atoms with Crippen LogP contribution in [0.1, 0.15) is 0 Å². The summed E-state index contributed by atoms with van der Waals surface area (Å²) >= 11 is 0. The molecule has 0 atom stereocenters. The van der Waals surface area contributed by atoms with Crippen LogP contribution in [-0.4, -0.2) is 16.7 Å². The van der Waals surface area contributed by atoms with Gasteiger partial charge in [0.15, 0.2) is 11.5 Å². The van der Waals surface area contributed by atoms with E-state index in [2.05, 4.69) is 0 Å². The lowest BCUT2D eigenvalue weighted by Crippen LogP contribution is -2.05. The lowest BCUT2D eigenvalue weighted by Gasteiger charge is -1.95. The molecule has 0 aromatic heterocycles. The van der Waals surface area contributed by atoms with Crippen LogP contribution >= 0.6 is 12.4 Å². The first-order chi connectivity index (χ1) is 4.20. The maximum absolute atomic E-state index is 10.4. The molecule has 0 fully saturated rings. The molecule has 0 saturated heterocycles. The Morgan fingerprint density at radius 2 is 1.80 bits per heavy atom. The van der Waals surface area contributed by atoms with Crippen molar-refractivity contribution in [2.45, 2.75) is 0 Å². The summed E-state index contributed by atoms with van der Waals surface area (Å²) in [5, 5.41) is 8.59. The van der Waals surface area contributed by atoms with Crippen LogP contribution in [0.3, 0.4) is 0 Å². The highest BCUT2D eigenvalue weighted by atomic mass is 35.5. The second-order valence-corrected chi connectivity index (χ2v) is 1.63. The second-order valence-electron chi connectivity index (χ2n) is 1.63. The molecule has 3 nitrogen and oxygen atoms in total. The van der Waals surface area contributed by atoms with Crippen LogP contribution in [0.15, 0.2) is 24.0 Å². The Labute approximate surface area is 63.4 Å². The van der Waals surface area contributed by atoms with E-state index in [-0.39, 0.29) is 18.2 Å². The van der Waals surface area contributed by atoms with Gasteiger partial charge in [0.25, 0.3) is 0 Å². The maximum atomic E-state index is 10.4. The van der Waals surface area contributed by atoms with Crippen molar-refractivity contribution in [2.24, 2.45) is 0 Å². The van der Waals surface area contributed by atoms with E-state index in [0.29, 0.717) is 0 Å². The Balaban J connectivity index is 0.000000810. The van der Waals surface area contributed by atoms with Gasteiger partial charge in [-0.15, -0.1) is 12.4 Å². The number of aliphatic hydroxyl groups is 1. The molecule has 0 amide bonds. The summed E-state index contributed by atoms with van der Waals surface area (Å²) < 4.78 is 0. The summed E-state index contributed by atoms with van der Waals surface area (Å²) in [4.78, 5) is 20.7. The van der Waals surface area contributed by atoms with Crippen molar-refractivity contribution in [3.8, 4) is 0 Å². The Kier molecular flexibility index (Phi) is 2.83. The minimum Gasteiger partial charge on any atom is -0.504 e. The summed E-state index contributed by atoms with van der Waals surface area (Å²) in [6.07, 6.45) is 3.04. The SMILES string of the molecule is Cl.O=C1C=CC(=O)C(O)=C1. The van der Waals surface area contributed by atoms with Gasteiger partial charge in [-0.25, -0.2) is 0 Å². The fourth-order valence-corrected chi connectivity index (χ4v) is 0.497. The van der Waals surface area contributed by atoms with Crippen LogP contribution in [0.25, 0.3) is 0 Å². The minimum absolute atomic E-state index is 0. The third-order valence-corrected chi connectivity index (χ3v) is 0.930. The van der Waals surface area contributed by atoms with E-state index in [4.69, 9.17) is 5.11 Å². The molecule has 1 N–H and O–H groups in total. The Bertz CT molecular complexity index is 227. The van der Waals surface area contributed by atoms with Crippen LogP contribution < -0.4 is 0 Å². The molecule has 0 heterocycles. The minimum atomic E-state index is -0.519. The molecule has 1 aliphatic carbocycles. The third kappa shape index (κ3) is 1.70. The van der Waals surface area contributed by atoms with Gasteiger partial charge in [-0.1, -0.05) is 0 Å². The average molecular weight is 161 g/mol. The molecule has 0 spiro atoms. The maximum Gasteiger partial charge on any atom is 0.220 e. The average Bonchev–Trinajstić information content (AvgIpc) is 1.80. The fraction of sp³-hybridized carbons (Fsp3) is 0. The van der Waals surface area contributed by atoms with Crippen molar-refractivity contribution in [1.29, 1.82) is 0 Å². The number of hydrogen-bond acceptors (Lipinski definition) is 3. The molecule has 0 aromatic rings. The van der Waals surface area contributed by atoms with Gasteiger partial charge < -0.3 is 5.11 Å². The molecule has 4 heteroatoms. The van der Waals surface area contributed by atoms with E-state index in [9.17, 15) is 9.59 Å². The summed E-state index contributed by atoms with van der Waals surface area (Å²) in [5.74, 6) is -1.36. The molecule has 10 heavy (non-hydrogen) atoms. The molecular formula is C6H5ClO3. The van der Waals surface area contributed by atoms with E-state index >= 15 is 0 Å². The number of rotatable bonds is 0. The molecule has 0 aliphatic heterocycles. The Hall–Kier alpha value is -1.09. The predicted octanol–water partition coefficient (Wildman–Crippen LogP) is 0.558. The highest BCUT2D eigenvalue weighted by Crippen LogP contribution is 1.99. The van der Waals surface area contributed by atoms with Gasteiger partial charge in [0, 0.05) is 6.08 Å². The number of aliphatic hydroxyl groups excluding tert-OH is 1. The van der Waals surface area contributed by atoms with Crippen LogP contribution in [0, 0.1) is 0 Å². The van der Waals surface area contributed by atoms with E-state index in [1.54, 1.807) is 0 Å². The molecule has 0 unspecified atom stereocenters. The Morgan fingerprint density at radius 3 is 2.20 bits per heavy atom. The zero-order valence-corrected chi connectivity index (χ0v) is 5.72. The van der Waals surface area contributed by atoms with Crippen molar-refractivity contribution < 1.29 is 14.7 Å². The van der Waals surface area contributed by atoms with Crippen molar-refractivity contribution >= 4 is 24.0 Å². The highest BCUT2D eigenvalue weighted by Gasteiger charge is 2.09. The number of allylic oxidation sites excluding steroid dienone is 3. The van der Waals surface area contributed by atoms with Crippen molar-refractivity contribution in [3.05, 3.63) is 24.0 Å². The first-order valence-corrected chi connectivity index (χ1v) is 2.37. The number of carbonyl (C=O) groups excluding carboxylic acids is 2. The third-order valence-electron chi connectivity index (χ3n) is 0.930. The molecule has 1 rings (SSSR count). The highest BCUT2D eigenvalue weighted by molar-refractivity contribution is 6.15. The molecular weight excluding hydrogens is 156 g/mol. The largest absolute Gasteiger partial charge is 0.504 e. The smallest absolute Gasteiger partial charge is 0.220 e. The quantitative estimate of drug-likeness (QED) is 0.527. The van der Waals surface area contributed by atoms with Crippen LogP contribution in [0.2, 0.25) is 0 Å². The number of hydrogen-bond donors (Lipinski definition) is 1. The van der Waals surface area contributed by atoms with Gasteiger partial charge in [-0.05, 0) is 12.2 Å². The number of carbonyl (C=O) groups is 2. The van der Waals surface area contributed by atoms with E-state index in [1.165, 1.54) is 0 Å². The van der Waals surface area contributed by atoms with Gasteiger partial charge >= 0.3 is 0 Å². The van der Waals surface area contributed by atoms with Gasteiger partial charge in [0.2, 0.25) is 5.78 Å². The van der Waals surface area contributed by atoms with Crippen molar-refractivity contribution in [2.75, 3.05) is 0 Å². The van der Waals surface area contributed by atoms with Gasteiger partial charge in [0.1, 0.15) is 0 Å². The van der Waals surface area contributed by atoms with Crippen LogP contribution in [0.5, 0.6) is 0 Å². The van der Waals surface area contributed by atoms with E-state index in [1.807, 2.05) is 0 Å². The molecule has 0 aromatic carbocycles. The molecule has 1 aliphatic rings. The van der Waals surface area contributed by atoms with Gasteiger partial charge in [-0.2, -0.15) is 0 Å². The van der Waals surface area contributed by atoms with Crippen LogP contribution in [-0.2, 0) is 9.59 Å². The van der Waals surface area contributed by atoms with E-state index < -0.39 is 11.5 Å². The first-order valence-electron chi connectivity index (χ1n) is 2.37. The van der Waals surface area contributed by atoms with Crippen molar-refractivity contribution in [3.63, 3.8) is 0 Å². The molecule has 0 bridgehead atoms. The summed E-state index contributed by atoms with van der Waals surface area (Å²) in [7, 11) is 0. The van der Waals surface area contributed by atoms with Gasteiger partial charge in [0.05, 0.1) is 0 Å². The first kappa shape index (κ1) is 8.91. The van der Waals surface area contributed by atoms with Crippen molar-refractivity contribution in [1.82, 2.24) is 0 Å². The molecule has 0 radical (unpaired) electrons. The van der Waals surface area contributed by atoms with Gasteiger partial charge in [-0.3, -0.25) is 9.59 Å². The van der Waals surface area contributed by atoms with E-state index in [0.717, 1.165) is 18.2 Å². The van der Waals surface area contributed by atoms with Crippen LogP contribution in [0.4, 0.5) is 0 Å². The Morgan fingerprint density at radius 1 is 1.20 bits per heavy atom. The lowest BCUT2D eigenvalue weighted by atomic mass is 10.1. The zero-order chi connectivity index (χ0) is 6.85. The standard InChI is InChI=1S/C6H4O3.ClH/c7-4-1-2-5(8)6(9)3-4;/h1-3,9H;1H. The zero-order valence-electron chi connectivity index (χ0n) is 4.90. The molecule has 54 valence electrons. The topological polar surface area (TPSA) is 54.4 Å². The fourth-order valence-electron chi connectivity index (χ4n) is 0.497. The number of ketones is 2. The molecule has 0 saturated carbocycles.